The second kappa shape index (κ2) is 6.82. The first-order valence-electron chi connectivity index (χ1n) is 6.76. The van der Waals surface area contributed by atoms with E-state index >= 15 is 0 Å². The van der Waals surface area contributed by atoms with Gasteiger partial charge in [-0.25, -0.2) is 4.98 Å². The predicted molar refractivity (Wildman–Crippen MR) is 76.3 cm³/mol. The van der Waals surface area contributed by atoms with Gasteiger partial charge in [0.2, 0.25) is 0 Å². The maximum Gasteiger partial charge on any atom is 0.300 e. The summed E-state index contributed by atoms with van der Waals surface area (Å²) in [6, 6.07) is 0.896. The molecule has 2 rings (SSSR count). The summed E-state index contributed by atoms with van der Waals surface area (Å²) in [5.74, 6) is -0.480. The molecule has 1 aromatic rings. The summed E-state index contributed by atoms with van der Waals surface area (Å²) < 4.78 is 0. The first kappa shape index (κ1) is 15.7. The van der Waals surface area contributed by atoms with Crippen LogP contribution in [0.1, 0.15) is 36.0 Å². The molecular weight excluding hydrogens is 298 g/mol. The molecule has 1 aromatic heterocycles. The van der Waals surface area contributed by atoms with E-state index in [0.29, 0.717) is 13.0 Å². The van der Waals surface area contributed by atoms with Gasteiger partial charge < -0.3 is 10.0 Å². The monoisotopic (exact) mass is 313 g/mol. The number of nitrogens with zero attached hydrogens (tertiary/aromatic N) is 3. The number of nitro groups is 1. The number of pyridine rings is 1. The van der Waals surface area contributed by atoms with Crippen molar-refractivity contribution in [3.05, 3.63) is 33.1 Å². The molecule has 114 valence electrons. The summed E-state index contributed by atoms with van der Waals surface area (Å²) in [5.41, 5.74) is -0.453. The van der Waals surface area contributed by atoms with E-state index < -0.39 is 10.8 Å². The molecule has 8 heteroatoms. The highest BCUT2D eigenvalue weighted by Crippen LogP contribution is 2.25. The number of hydrogen-bond acceptors (Lipinski definition) is 5. The first-order chi connectivity index (χ1) is 10.0. The van der Waals surface area contributed by atoms with Crippen LogP contribution in [0.3, 0.4) is 0 Å². The number of amides is 1. The molecule has 0 bridgehead atoms. The SMILES string of the molecule is O=C(c1cc(Cl)ncc1[N+](=O)[O-])N1CCCCCC1CO. The van der Waals surface area contributed by atoms with Crippen LogP contribution in [0.2, 0.25) is 5.15 Å². The van der Waals surface area contributed by atoms with Crippen molar-refractivity contribution in [1.82, 2.24) is 9.88 Å². The Kier molecular flexibility index (Phi) is 5.08. The van der Waals surface area contributed by atoms with Crippen LogP contribution in [0.15, 0.2) is 12.3 Å². The van der Waals surface area contributed by atoms with E-state index in [0.717, 1.165) is 25.5 Å². The highest BCUT2D eigenvalue weighted by molar-refractivity contribution is 6.29. The molecule has 1 atom stereocenters. The number of aliphatic hydroxyl groups is 1. The molecule has 1 fully saturated rings. The Hall–Kier alpha value is -1.73. The second-order valence-electron chi connectivity index (χ2n) is 4.97. The molecule has 21 heavy (non-hydrogen) atoms. The van der Waals surface area contributed by atoms with Crippen molar-refractivity contribution in [2.45, 2.75) is 31.7 Å². The lowest BCUT2D eigenvalue weighted by molar-refractivity contribution is -0.385. The van der Waals surface area contributed by atoms with Gasteiger partial charge in [-0.15, -0.1) is 0 Å². The van der Waals surface area contributed by atoms with Gasteiger partial charge in [0.1, 0.15) is 16.9 Å². The van der Waals surface area contributed by atoms with Crippen LogP contribution in [-0.2, 0) is 0 Å². The normalized spacial score (nSPS) is 19.1. The minimum atomic E-state index is -0.650. The van der Waals surface area contributed by atoms with Crippen molar-refractivity contribution in [3.63, 3.8) is 0 Å². The van der Waals surface area contributed by atoms with Gasteiger partial charge >= 0.3 is 0 Å². The fourth-order valence-corrected chi connectivity index (χ4v) is 2.69. The summed E-state index contributed by atoms with van der Waals surface area (Å²) >= 11 is 5.75. The maximum absolute atomic E-state index is 12.6. The lowest BCUT2D eigenvalue weighted by Gasteiger charge is -2.28. The Bertz CT molecular complexity index is 552. The van der Waals surface area contributed by atoms with Crippen LogP contribution in [-0.4, -0.2) is 45.0 Å². The molecule has 2 heterocycles. The van der Waals surface area contributed by atoms with Crippen molar-refractivity contribution >= 4 is 23.2 Å². The van der Waals surface area contributed by atoms with Crippen LogP contribution in [0.4, 0.5) is 5.69 Å². The smallest absolute Gasteiger partial charge is 0.300 e. The molecule has 1 N–H and O–H groups in total. The number of aliphatic hydroxyl groups excluding tert-OH is 1. The summed E-state index contributed by atoms with van der Waals surface area (Å²) in [6.45, 7) is 0.319. The predicted octanol–water partition coefficient (Wildman–Crippen LogP) is 2.02. The van der Waals surface area contributed by atoms with E-state index in [-0.39, 0.29) is 29.1 Å². The zero-order valence-electron chi connectivity index (χ0n) is 11.4. The maximum atomic E-state index is 12.6. The lowest BCUT2D eigenvalue weighted by atomic mass is 10.1. The van der Waals surface area contributed by atoms with Crippen LogP contribution in [0.25, 0.3) is 0 Å². The largest absolute Gasteiger partial charge is 0.394 e. The summed E-state index contributed by atoms with van der Waals surface area (Å²) in [7, 11) is 0. The Morgan fingerprint density at radius 2 is 2.29 bits per heavy atom. The van der Waals surface area contributed by atoms with Crippen molar-refractivity contribution < 1.29 is 14.8 Å². The third-order valence-electron chi connectivity index (χ3n) is 3.63. The van der Waals surface area contributed by atoms with Crippen LogP contribution < -0.4 is 0 Å². The van der Waals surface area contributed by atoms with E-state index in [2.05, 4.69) is 4.98 Å². The Balaban J connectivity index is 2.37. The van der Waals surface area contributed by atoms with Crippen LogP contribution >= 0.6 is 11.6 Å². The molecule has 7 nitrogen and oxygen atoms in total. The molecule has 1 aliphatic rings. The molecule has 0 aromatic carbocycles. The third-order valence-corrected chi connectivity index (χ3v) is 3.83. The lowest BCUT2D eigenvalue weighted by Crippen LogP contribution is -2.42. The zero-order chi connectivity index (χ0) is 15.4. The topological polar surface area (TPSA) is 96.6 Å². The standard InChI is InChI=1S/C13H16ClN3O4/c14-12-6-10(11(7-15-12)17(20)21)13(19)16-5-3-1-2-4-9(16)8-18/h6-7,9,18H,1-5,8H2. The number of likely N-dealkylation sites (tertiary alicyclic amines) is 1. The molecule has 0 saturated carbocycles. The number of carbonyl (C=O) groups is 1. The molecule has 1 saturated heterocycles. The molecule has 0 aliphatic carbocycles. The van der Waals surface area contributed by atoms with Gasteiger partial charge in [0.05, 0.1) is 17.6 Å². The van der Waals surface area contributed by atoms with Crippen LogP contribution in [0, 0.1) is 10.1 Å². The highest BCUT2D eigenvalue weighted by atomic mass is 35.5. The van der Waals surface area contributed by atoms with Gasteiger partial charge in [-0.05, 0) is 18.9 Å². The van der Waals surface area contributed by atoms with Gasteiger partial charge in [0, 0.05) is 6.54 Å². The molecule has 1 amide bonds. The summed E-state index contributed by atoms with van der Waals surface area (Å²) in [6.07, 6.45) is 4.39. The summed E-state index contributed by atoms with van der Waals surface area (Å²) in [4.78, 5) is 28.2. The Labute approximate surface area is 126 Å². The van der Waals surface area contributed by atoms with Crippen LogP contribution in [0.5, 0.6) is 0 Å². The Morgan fingerprint density at radius 1 is 1.52 bits per heavy atom. The van der Waals surface area contributed by atoms with E-state index in [1.165, 1.54) is 11.0 Å². The Morgan fingerprint density at radius 3 is 2.95 bits per heavy atom. The number of rotatable bonds is 3. The number of halogens is 1. The van der Waals surface area contributed by atoms with E-state index in [4.69, 9.17) is 11.6 Å². The van der Waals surface area contributed by atoms with Crippen molar-refractivity contribution in [1.29, 1.82) is 0 Å². The van der Waals surface area contributed by atoms with Crippen molar-refractivity contribution in [2.24, 2.45) is 0 Å². The minimum absolute atomic E-state index is 0.0271. The van der Waals surface area contributed by atoms with Gasteiger partial charge in [0.15, 0.2) is 0 Å². The van der Waals surface area contributed by atoms with E-state index in [1.54, 1.807) is 0 Å². The first-order valence-corrected chi connectivity index (χ1v) is 7.14. The highest BCUT2D eigenvalue weighted by Gasteiger charge is 2.30. The quantitative estimate of drug-likeness (QED) is 0.523. The number of hydrogen-bond donors (Lipinski definition) is 1. The molecule has 0 spiro atoms. The van der Waals surface area contributed by atoms with E-state index in [9.17, 15) is 20.0 Å². The van der Waals surface area contributed by atoms with Crippen molar-refractivity contribution in [2.75, 3.05) is 13.2 Å². The van der Waals surface area contributed by atoms with E-state index in [1.807, 2.05) is 0 Å². The number of carbonyl (C=O) groups excluding carboxylic acids is 1. The average Bonchev–Trinajstić information content (AvgIpc) is 2.71. The second-order valence-corrected chi connectivity index (χ2v) is 5.35. The fourth-order valence-electron chi connectivity index (χ4n) is 2.53. The molecule has 1 aliphatic heterocycles. The third kappa shape index (κ3) is 3.48. The van der Waals surface area contributed by atoms with Gasteiger partial charge in [-0.2, -0.15) is 0 Å². The van der Waals surface area contributed by atoms with Crippen molar-refractivity contribution in [3.8, 4) is 0 Å². The molecular formula is C13H16ClN3O4. The zero-order valence-corrected chi connectivity index (χ0v) is 12.1. The van der Waals surface area contributed by atoms with Gasteiger partial charge in [-0.3, -0.25) is 14.9 Å². The number of aromatic nitrogens is 1. The average molecular weight is 314 g/mol. The molecule has 0 radical (unpaired) electrons. The van der Waals surface area contributed by atoms with Gasteiger partial charge in [0.25, 0.3) is 11.6 Å². The van der Waals surface area contributed by atoms with Gasteiger partial charge in [-0.1, -0.05) is 24.4 Å². The summed E-state index contributed by atoms with van der Waals surface area (Å²) in [5, 5.41) is 20.5. The fraction of sp³-hybridized carbons (Fsp3) is 0.538. The molecule has 1 unspecified atom stereocenters. The minimum Gasteiger partial charge on any atom is -0.394 e.